The maximum Gasteiger partial charge on any atom is 0.220 e. The summed E-state index contributed by atoms with van der Waals surface area (Å²) < 4.78 is 1.33. The summed E-state index contributed by atoms with van der Waals surface area (Å²) in [5, 5.41) is 9.88. The van der Waals surface area contributed by atoms with E-state index in [2.05, 4.69) is 46.4 Å². The molecule has 3 rings (SSSR count). The Balaban J connectivity index is 1.42. The highest BCUT2D eigenvalue weighted by atomic mass is 32.1. The second-order valence-corrected chi connectivity index (χ2v) is 6.62. The van der Waals surface area contributed by atoms with E-state index in [0.29, 0.717) is 13.0 Å². The first-order valence-electron chi connectivity index (χ1n) is 7.93. The number of thiophene rings is 1. The number of benzene rings is 1. The Morgan fingerprint density at radius 1 is 1.32 bits per heavy atom. The molecular formula is C18H22N2OS. The average molecular weight is 314 g/mol. The molecule has 0 saturated carbocycles. The van der Waals surface area contributed by atoms with E-state index in [4.69, 9.17) is 0 Å². The highest BCUT2D eigenvalue weighted by molar-refractivity contribution is 7.17. The lowest BCUT2D eigenvalue weighted by atomic mass is 10.1. The smallest absolute Gasteiger partial charge is 0.220 e. The van der Waals surface area contributed by atoms with Crippen LogP contribution in [0.3, 0.4) is 0 Å². The number of amides is 1. The van der Waals surface area contributed by atoms with E-state index in [1.807, 2.05) is 0 Å². The molecule has 116 valence electrons. The lowest BCUT2D eigenvalue weighted by Crippen LogP contribution is -2.29. The second kappa shape index (κ2) is 7.56. The van der Waals surface area contributed by atoms with E-state index in [0.717, 1.165) is 32.4 Å². The van der Waals surface area contributed by atoms with Crippen LogP contribution in [0, 0.1) is 0 Å². The van der Waals surface area contributed by atoms with Crippen molar-refractivity contribution in [3.05, 3.63) is 46.9 Å². The second-order valence-electron chi connectivity index (χ2n) is 5.70. The molecule has 1 aromatic carbocycles. The molecule has 0 saturated heterocycles. The largest absolute Gasteiger partial charge is 0.352 e. The Hall–Kier alpha value is -1.65. The Bertz CT molecular complexity index is 675. The van der Waals surface area contributed by atoms with Crippen LogP contribution in [0.1, 0.15) is 24.8 Å². The number of hydrogen-bond acceptors (Lipinski definition) is 3. The van der Waals surface area contributed by atoms with Crippen molar-refractivity contribution in [2.75, 3.05) is 19.6 Å². The van der Waals surface area contributed by atoms with Crippen LogP contribution in [0.4, 0.5) is 0 Å². The Morgan fingerprint density at radius 2 is 2.23 bits per heavy atom. The Morgan fingerprint density at radius 3 is 3.09 bits per heavy atom. The highest BCUT2D eigenvalue weighted by Crippen LogP contribution is 2.26. The molecule has 0 bridgehead atoms. The lowest BCUT2D eigenvalue weighted by Gasteiger charge is -2.14. The third-order valence-corrected chi connectivity index (χ3v) is 5.09. The van der Waals surface area contributed by atoms with Gasteiger partial charge >= 0.3 is 0 Å². The number of rotatable bonds is 6. The molecule has 1 aliphatic rings. The van der Waals surface area contributed by atoms with Crippen molar-refractivity contribution in [1.82, 2.24) is 10.6 Å². The predicted octanol–water partition coefficient (Wildman–Crippen LogP) is 3.26. The van der Waals surface area contributed by atoms with Crippen molar-refractivity contribution < 1.29 is 4.79 Å². The summed E-state index contributed by atoms with van der Waals surface area (Å²) in [5.74, 6) is 0.166. The van der Waals surface area contributed by atoms with E-state index < -0.39 is 0 Å². The fraction of sp³-hybridized carbons (Fsp3) is 0.389. The summed E-state index contributed by atoms with van der Waals surface area (Å²) in [5.41, 5.74) is 2.71. The molecule has 3 nitrogen and oxygen atoms in total. The van der Waals surface area contributed by atoms with E-state index in [1.54, 1.807) is 11.3 Å². The van der Waals surface area contributed by atoms with Crippen LogP contribution < -0.4 is 10.6 Å². The topological polar surface area (TPSA) is 41.1 Å². The van der Waals surface area contributed by atoms with Crippen molar-refractivity contribution in [2.45, 2.75) is 25.7 Å². The zero-order chi connectivity index (χ0) is 15.2. The molecular weight excluding hydrogens is 292 g/mol. The highest BCUT2D eigenvalue weighted by Gasteiger charge is 2.07. The molecule has 2 heterocycles. The first-order chi connectivity index (χ1) is 10.8. The van der Waals surface area contributed by atoms with E-state index in [-0.39, 0.29) is 5.91 Å². The van der Waals surface area contributed by atoms with Crippen LogP contribution >= 0.6 is 11.3 Å². The Labute approximate surface area is 135 Å². The minimum Gasteiger partial charge on any atom is -0.352 e. The minimum absolute atomic E-state index is 0.166. The monoisotopic (exact) mass is 314 g/mol. The molecule has 22 heavy (non-hydrogen) atoms. The summed E-state index contributed by atoms with van der Waals surface area (Å²) in [6.45, 7) is 2.66. The van der Waals surface area contributed by atoms with Crippen LogP contribution in [-0.4, -0.2) is 25.5 Å². The van der Waals surface area contributed by atoms with Gasteiger partial charge in [-0.3, -0.25) is 4.79 Å². The Kier molecular flexibility index (Phi) is 5.24. The van der Waals surface area contributed by atoms with E-state index >= 15 is 0 Å². The van der Waals surface area contributed by atoms with Gasteiger partial charge in [0.1, 0.15) is 0 Å². The molecule has 2 aromatic rings. The van der Waals surface area contributed by atoms with Crippen LogP contribution in [0.2, 0.25) is 0 Å². The summed E-state index contributed by atoms with van der Waals surface area (Å²) >= 11 is 1.79. The van der Waals surface area contributed by atoms with Gasteiger partial charge in [-0.15, -0.1) is 11.3 Å². The lowest BCUT2D eigenvalue weighted by molar-refractivity contribution is -0.121. The quantitative estimate of drug-likeness (QED) is 0.804. The number of fused-ring (bicyclic) bond motifs is 1. The van der Waals surface area contributed by atoms with E-state index in [1.165, 1.54) is 21.2 Å². The van der Waals surface area contributed by atoms with Gasteiger partial charge in [-0.05, 0) is 48.2 Å². The van der Waals surface area contributed by atoms with Crippen molar-refractivity contribution in [3.63, 3.8) is 0 Å². The van der Waals surface area contributed by atoms with Gasteiger partial charge in [-0.2, -0.15) is 0 Å². The molecule has 1 aromatic heterocycles. The predicted molar refractivity (Wildman–Crippen MR) is 93.3 cm³/mol. The normalized spacial score (nSPS) is 14.8. The molecule has 2 N–H and O–H groups in total. The van der Waals surface area contributed by atoms with Crippen LogP contribution in [0.25, 0.3) is 10.1 Å². The molecule has 1 aliphatic heterocycles. The van der Waals surface area contributed by atoms with Crippen molar-refractivity contribution in [1.29, 1.82) is 0 Å². The average Bonchev–Trinajstić information content (AvgIpc) is 2.97. The molecule has 0 unspecified atom stereocenters. The van der Waals surface area contributed by atoms with Gasteiger partial charge in [0.15, 0.2) is 0 Å². The molecule has 0 fully saturated rings. The van der Waals surface area contributed by atoms with Crippen LogP contribution in [-0.2, 0) is 11.2 Å². The zero-order valence-electron chi connectivity index (χ0n) is 12.7. The third-order valence-electron chi connectivity index (χ3n) is 4.08. The summed E-state index contributed by atoms with van der Waals surface area (Å²) in [7, 11) is 0. The first kappa shape index (κ1) is 15.3. The number of carbonyl (C=O) groups excluding carboxylic acids is 1. The van der Waals surface area contributed by atoms with Gasteiger partial charge in [0.2, 0.25) is 5.91 Å². The van der Waals surface area contributed by atoms with Crippen molar-refractivity contribution in [3.8, 4) is 0 Å². The molecule has 0 atom stereocenters. The van der Waals surface area contributed by atoms with Crippen LogP contribution in [0.15, 0.2) is 41.3 Å². The zero-order valence-corrected chi connectivity index (χ0v) is 13.5. The number of carbonyl (C=O) groups is 1. The third kappa shape index (κ3) is 3.96. The summed E-state index contributed by atoms with van der Waals surface area (Å²) in [4.78, 5) is 11.9. The molecule has 0 radical (unpaired) electrons. The standard InChI is InChI=1S/C18H22N2OS/c21-18(20-12-14-8-10-19-11-9-14)7-3-4-15-13-22-17-6-2-1-5-16(15)17/h1-2,5-6,8,13,19H,3-4,7,9-12H2,(H,20,21). The van der Waals surface area contributed by atoms with Gasteiger partial charge in [-0.25, -0.2) is 0 Å². The maximum atomic E-state index is 11.9. The summed E-state index contributed by atoms with van der Waals surface area (Å²) in [6, 6.07) is 8.48. The van der Waals surface area contributed by atoms with Crippen molar-refractivity contribution >= 4 is 27.3 Å². The molecule has 0 aliphatic carbocycles. The molecule has 0 spiro atoms. The number of hydrogen-bond donors (Lipinski definition) is 2. The molecule has 1 amide bonds. The fourth-order valence-corrected chi connectivity index (χ4v) is 3.79. The SMILES string of the molecule is O=C(CCCc1csc2ccccc12)NCC1=CCNCC1. The van der Waals surface area contributed by atoms with Gasteiger partial charge in [0.25, 0.3) is 0 Å². The van der Waals surface area contributed by atoms with Gasteiger partial charge in [0.05, 0.1) is 0 Å². The molecule has 4 heteroatoms. The van der Waals surface area contributed by atoms with Crippen LogP contribution in [0.5, 0.6) is 0 Å². The van der Waals surface area contributed by atoms with Gasteiger partial charge in [0, 0.05) is 24.2 Å². The van der Waals surface area contributed by atoms with Gasteiger partial charge in [-0.1, -0.05) is 29.8 Å². The van der Waals surface area contributed by atoms with Gasteiger partial charge < -0.3 is 10.6 Å². The van der Waals surface area contributed by atoms with Crippen molar-refractivity contribution in [2.24, 2.45) is 0 Å². The maximum absolute atomic E-state index is 11.9. The first-order valence-corrected chi connectivity index (χ1v) is 8.81. The van der Waals surface area contributed by atoms with E-state index in [9.17, 15) is 4.79 Å². The fourth-order valence-electron chi connectivity index (χ4n) is 2.80. The summed E-state index contributed by atoms with van der Waals surface area (Å²) in [6.07, 6.45) is 5.72. The number of nitrogens with one attached hydrogen (secondary N) is 2. The minimum atomic E-state index is 0.166. The number of aryl methyl sites for hydroxylation is 1.